The van der Waals surface area contributed by atoms with Crippen molar-refractivity contribution in [3.63, 3.8) is 0 Å². The lowest BCUT2D eigenvalue weighted by Crippen LogP contribution is -2.30. The average Bonchev–Trinajstić information content (AvgIpc) is 3.18. The van der Waals surface area contributed by atoms with Crippen LogP contribution < -0.4 is 20.1 Å². The number of aryl methyl sites for hydroxylation is 1. The highest BCUT2D eigenvalue weighted by molar-refractivity contribution is 14.1. The van der Waals surface area contributed by atoms with Gasteiger partial charge in [-0.05, 0) is 95.1 Å². The van der Waals surface area contributed by atoms with Crippen molar-refractivity contribution >= 4 is 52.0 Å². The molecule has 182 valence electrons. The quantitative estimate of drug-likeness (QED) is 0.214. The Labute approximate surface area is 222 Å². The van der Waals surface area contributed by atoms with E-state index in [2.05, 4.69) is 52.3 Å². The molecule has 3 aromatic rings. The Kier molecular flexibility index (Phi) is 8.56. The smallest absolute Gasteiger partial charge is 0.260 e. The second kappa shape index (κ2) is 11.8. The van der Waals surface area contributed by atoms with E-state index in [4.69, 9.17) is 9.47 Å². The molecular formula is C27H26FIN2O3S. The first-order valence-electron chi connectivity index (χ1n) is 11.3. The molecule has 0 bridgehead atoms. The fraction of sp³-hybridized carbons (Fsp3) is 0.222. The molecule has 0 spiro atoms. The van der Waals surface area contributed by atoms with Crippen LogP contribution in [0.4, 0.5) is 10.1 Å². The van der Waals surface area contributed by atoms with Gasteiger partial charge in [-0.15, -0.1) is 0 Å². The van der Waals surface area contributed by atoms with E-state index in [1.807, 2.05) is 37.3 Å². The number of halogens is 2. The Morgan fingerprint density at radius 3 is 2.46 bits per heavy atom. The van der Waals surface area contributed by atoms with Crippen LogP contribution in [0.1, 0.15) is 30.5 Å². The van der Waals surface area contributed by atoms with Crippen molar-refractivity contribution in [1.82, 2.24) is 5.32 Å². The van der Waals surface area contributed by atoms with Crippen LogP contribution in [0.3, 0.4) is 0 Å². The SMILES string of the molecule is CCOc1cc(/C=C2\S[C@@H](Nc3ccc(CC)cc3)NC2=O)cc(I)c1OCc1ccc(F)cc1. The van der Waals surface area contributed by atoms with Crippen LogP contribution >= 0.6 is 34.4 Å². The van der Waals surface area contributed by atoms with Crippen LogP contribution in [0.25, 0.3) is 6.08 Å². The standard InChI is InChI=1S/C27H26FIN2O3S/c1-3-17-7-11-21(12-8-17)30-27-31-26(32)24(35-27)15-19-13-22(29)25(23(14-19)33-4-2)34-16-18-5-9-20(28)10-6-18/h5-15,27,30H,3-4,16H2,1-2H3,(H,31,32)/b24-15-/t27-/m0/s1. The summed E-state index contributed by atoms with van der Waals surface area (Å²) in [6, 6.07) is 18.2. The Balaban J connectivity index is 1.48. The van der Waals surface area contributed by atoms with E-state index in [1.165, 1.54) is 29.5 Å². The zero-order chi connectivity index (χ0) is 24.8. The van der Waals surface area contributed by atoms with Crippen molar-refractivity contribution in [3.8, 4) is 11.5 Å². The van der Waals surface area contributed by atoms with Gasteiger partial charge in [0.15, 0.2) is 17.0 Å². The van der Waals surface area contributed by atoms with E-state index in [0.29, 0.717) is 29.6 Å². The maximum atomic E-state index is 13.2. The van der Waals surface area contributed by atoms with Gasteiger partial charge >= 0.3 is 0 Å². The molecule has 0 radical (unpaired) electrons. The van der Waals surface area contributed by atoms with E-state index in [0.717, 1.165) is 26.8 Å². The third-order valence-electron chi connectivity index (χ3n) is 5.32. The summed E-state index contributed by atoms with van der Waals surface area (Å²) in [6.45, 7) is 4.79. The van der Waals surface area contributed by atoms with Gasteiger partial charge in [-0.2, -0.15) is 0 Å². The molecule has 2 N–H and O–H groups in total. The number of carbonyl (C=O) groups is 1. The van der Waals surface area contributed by atoms with Crippen LogP contribution in [-0.4, -0.2) is 18.0 Å². The molecule has 0 aliphatic carbocycles. The number of amides is 1. The van der Waals surface area contributed by atoms with Crippen molar-refractivity contribution in [3.05, 3.63) is 91.6 Å². The first-order chi connectivity index (χ1) is 16.9. The minimum Gasteiger partial charge on any atom is -0.490 e. The minimum atomic E-state index is -0.281. The summed E-state index contributed by atoms with van der Waals surface area (Å²) in [4.78, 5) is 13.2. The zero-order valence-electron chi connectivity index (χ0n) is 19.4. The molecule has 1 aliphatic heterocycles. The van der Waals surface area contributed by atoms with Crippen molar-refractivity contribution in [2.45, 2.75) is 32.4 Å². The maximum absolute atomic E-state index is 13.2. The number of hydrogen-bond acceptors (Lipinski definition) is 5. The summed E-state index contributed by atoms with van der Waals surface area (Å²) in [5.74, 6) is 0.818. The van der Waals surface area contributed by atoms with Gasteiger partial charge in [0.1, 0.15) is 12.4 Å². The van der Waals surface area contributed by atoms with E-state index < -0.39 is 0 Å². The number of thioether (sulfide) groups is 1. The van der Waals surface area contributed by atoms with Crippen LogP contribution in [-0.2, 0) is 17.8 Å². The number of nitrogens with one attached hydrogen (secondary N) is 2. The number of ether oxygens (including phenoxy) is 2. The first kappa shape index (κ1) is 25.4. The molecule has 1 fully saturated rings. The molecule has 3 aromatic carbocycles. The van der Waals surface area contributed by atoms with Gasteiger partial charge in [0.2, 0.25) is 0 Å². The van der Waals surface area contributed by atoms with Gasteiger partial charge in [0.25, 0.3) is 5.91 Å². The molecule has 0 saturated carbocycles. The molecule has 1 heterocycles. The molecule has 5 nitrogen and oxygen atoms in total. The van der Waals surface area contributed by atoms with Crippen LogP contribution in [0.5, 0.6) is 11.5 Å². The number of rotatable bonds is 9. The lowest BCUT2D eigenvalue weighted by Gasteiger charge is -2.15. The number of benzene rings is 3. The molecule has 1 aliphatic rings. The first-order valence-corrected chi connectivity index (χ1v) is 13.3. The molecule has 1 atom stereocenters. The highest BCUT2D eigenvalue weighted by Crippen LogP contribution is 2.37. The topological polar surface area (TPSA) is 59.6 Å². The molecule has 8 heteroatoms. The van der Waals surface area contributed by atoms with Crippen molar-refractivity contribution < 1.29 is 18.7 Å². The summed E-state index contributed by atoms with van der Waals surface area (Å²) < 4.78 is 25.9. The fourth-order valence-corrected chi connectivity index (χ4v) is 5.28. The molecule has 0 aromatic heterocycles. The predicted octanol–water partition coefficient (Wildman–Crippen LogP) is 6.57. The largest absolute Gasteiger partial charge is 0.490 e. The summed E-state index contributed by atoms with van der Waals surface area (Å²) in [6.07, 6.45) is 2.84. The van der Waals surface area contributed by atoms with Gasteiger partial charge in [-0.3, -0.25) is 4.79 Å². The monoisotopic (exact) mass is 604 g/mol. The molecule has 1 amide bonds. The number of hydrogen-bond donors (Lipinski definition) is 2. The van der Waals surface area contributed by atoms with E-state index >= 15 is 0 Å². The second-order valence-electron chi connectivity index (χ2n) is 7.85. The summed E-state index contributed by atoms with van der Waals surface area (Å²) in [5.41, 5.74) is 3.68. The van der Waals surface area contributed by atoms with Gasteiger partial charge in [-0.1, -0.05) is 43.0 Å². The molecule has 35 heavy (non-hydrogen) atoms. The minimum absolute atomic E-state index is 0.123. The third-order valence-corrected chi connectivity index (χ3v) is 7.15. The lowest BCUT2D eigenvalue weighted by molar-refractivity contribution is -0.116. The zero-order valence-corrected chi connectivity index (χ0v) is 22.4. The van der Waals surface area contributed by atoms with Crippen molar-refractivity contribution in [2.75, 3.05) is 11.9 Å². The van der Waals surface area contributed by atoms with Gasteiger partial charge in [-0.25, -0.2) is 4.39 Å². The van der Waals surface area contributed by atoms with E-state index in [1.54, 1.807) is 12.1 Å². The Morgan fingerprint density at radius 2 is 1.77 bits per heavy atom. The predicted molar refractivity (Wildman–Crippen MR) is 148 cm³/mol. The normalized spacial score (nSPS) is 16.3. The van der Waals surface area contributed by atoms with Crippen LogP contribution in [0.15, 0.2) is 65.6 Å². The fourth-order valence-electron chi connectivity index (χ4n) is 3.52. The van der Waals surface area contributed by atoms with Gasteiger partial charge < -0.3 is 20.1 Å². The molecule has 0 unspecified atom stereocenters. The molecule has 4 rings (SSSR count). The maximum Gasteiger partial charge on any atom is 0.260 e. The summed E-state index contributed by atoms with van der Waals surface area (Å²) in [5, 5.41) is 6.32. The highest BCUT2D eigenvalue weighted by Gasteiger charge is 2.27. The Bertz CT molecular complexity index is 1220. The molecule has 1 saturated heterocycles. The third kappa shape index (κ3) is 6.70. The van der Waals surface area contributed by atoms with Gasteiger partial charge in [0.05, 0.1) is 15.1 Å². The Morgan fingerprint density at radius 1 is 1.06 bits per heavy atom. The van der Waals surface area contributed by atoms with E-state index in [-0.39, 0.29) is 17.2 Å². The van der Waals surface area contributed by atoms with Crippen molar-refractivity contribution in [1.29, 1.82) is 0 Å². The van der Waals surface area contributed by atoms with Crippen molar-refractivity contribution in [2.24, 2.45) is 0 Å². The second-order valence-corrected chi connectivity index (χ2v) is 10.2. The molecular weight excluding hydrogens is 578 g/mol. The highest BCUT2D eigenvalue weighted by atomic mass is 127. The van der Waals surface area contributed by atoms with Gasteiger partial charge in [0, 0.05) is 5.69 Å². The average molecular weight is 604 g/mol. The number of carbonyl (C=O) groups excluding carboxylic acids is 1. The van der Waals surface area contributed by atoms with Crippen LogP contribution in [0, 0.1) is 9.39 Å². The number of anilines is 1. The summed E-state index contributed by atoms with van der Waals surface area (Å²) in [7, 11) is 0. The van der Waals surface area contributed by atoms with E-state index in [9.17, 15) is 9.18 Å². The summed E-state index contributed by atoms with van der Waals surface area (Å²) >= 11 is 3.64. The Hall–Kier alpha value is -2.72. The lowest BCUT2D eigenvalue weighted by atomic mass is 10.1. The van der Waals surface area contributed by atoms with Crippen LogP contribution in [0.2, 0.25) is 0 Å².